The number of aryl methyl sites for hydroxylation is 1. The molecule has 0 bridgehead atoms. The van der Waals surface area contributed by atoms with Crippen LogP contribution in [-0.4, -0.2) is 18.2 Å². The first-order valence-corrected chi connectivity index (χ1v) is 7.43. The number of aromatic nitrogens is 1. The molecule has 0 atom stereocenters. The van der Waals surface area contributed by atoms with Gasteiger partial charge in [0.1, 0.15) is 5.82 Å². The summed E-state index contributed by atoms with van der Waals surface area (Å²) in [5.41, 5.74) is 4.63. The second-order valence-corrected chi connectivity index (χ2v) is 4.75. The number of hydrogen-bond donors (Lipinski definition) is 2. The van der Waals surface area contributed by atoms with Gasteiger partial charge in [-0.25, -0.2) is 10.8 Å². The van der Waals surface area contributed by atoms with Crippen LogP contribution >= 0.6 is 0 Å². The Morgan fingerprint density at radius 3 is 2.29 bits per heavy atom. The molecule has 0 aliphatic carbocycles. The molecule has 1 aromatic carbocycles. The molecule has 2 rings (SSSR count). The molecule has 2 aromatic rings. The Kier molecular flexibility index (Phi) is 5.22. The SMILES string of the molecule is CCCc1cc2cc(OCC)c(OCC)cc2nc1NN. The van der Waals surface area contributed by atoms with Crippen molar-refractivity contribution >= 4 is 16.7 Å². The van der Waals surface area contributed by atoms with E-state index in [0.717, 1.165) is 40.9 Å². The number of hydrogen-bond acceptors (Lipinski definition) is 5. The number of nitrogen functional groups attached to an aromatic ring is 1. The summed E-state index contributed by atoms with van der Waals surface area (Å²) in [5.74, 6) is 7.76. The molecule has 1 heterocycles. The number of nitrogens with one attached hydrogen (secondary N) is 1. The van der Waals surface area contributed by atoms with Crippen molar-refractivity contribution < 1.29 is 9.47 Å². The molecule has 114 valence electrons. The third kappa shape index (κ3) is 3.36. The number of hydrazine groups is 1. The van der Waals surface area contributed by atoms with Crippen LogP contribution in [0.3, 0.4) is 0 Å². The van der Waals surface area contributed by atoms with Crippen LogP contribution in [0.15, 0.2) is 18.2 Å². The fraction of sp³-hybridized carbons (Fsp3) is 0.438. The highest BCUT2D eigenvalue weighted by Gasteiger charge is 2.11. The molecule has 21 heavy (non-hydrogen) atoms. The van der Waals surface area contributed by atoms with Gasteiger partial charge in [0.25, 0.3) is 0 Å². The molecule has 3 N–H and O–H groups in total. The van der Waals surface area contributed by atoms with Crippen molar-refractivity contribution in [3.8, 4) is 11.5 Å². The zero-order valence-corrected chi connectivity index (χ0v) is 12.9. The minimum absolute atomic E-state index is 0.585. The molecular weight excluding hydrogens is 266 g/mol. The van der Waals surface area contributed by atoms with Gasteiger partial charge in [-0.15, -0.1) is 0 Å². The first-order chi connectivity index (χ1) is 10.2. The maximum absolute atomic E-state index is 5.66. The topological polar surface area (TPSA) is 69.4 Å². The van der Waals surface area contributed by atoms with E-state index in [2.05, 4.69) is 23.4 Å². The van der Waals surface area contributed by atoms with Crippen molar-refractivity contribution in [1.82, 2.24) is 4.98 Å². The monoisotopic (exact) mass is 289 g/mol. The van der Waals surface area contributed by atoms with Crippen LogP contribution in [0.25, 0.3) is 10.9 Å². The van der Waals surface area contributed by atoms with Crippen LogP contribution < -0.4 is 20.7 Å². The molecule has 5 heteroatoms. The number of benzene rings is 1. The first-order valence-electron chi connectivity index (χ1n) is 7.43. The third-order valence-electron chi connectivity index (χ3n) is 3.21. The number of nitrogens with zero attached hydrogens (tertiary/aromatic N) is 1. The summed E-state index contributed by atoms with van der Waals surface area (Å²) in [5, 5.41) is 1.03. The van der Waals surface area contributed by atoms with Crippen LogP contribution in [0.1, 0.15) is 32.8 Å². The Morgan fingerprint density at radius 2 is 1.71 bits per heavy atom. The van der Waals surface area contributed by atoms with Crippen LogP contribution in [0, 0.1) is 0 Å². The molecule has 0 amide bonds. The largest absolute Gasteiger partial charge is 0.490 e. The average molecular weight is 289 g/mol. The summed E-state index contributed by atoms with van der Waals surface area (Å²) < 4.78 is 11.3. The van der Waals surface area contributed by atoms with Gasteiger partial charge in [-0.2, -0.15) is 0 Å². The highest BCUT2D eigenvalue weighted by molar-refractivity contribution is 5.85. The average Bonchev–Trinajstić information content (AvgIpc) is 2.48. The van der Waals surface area contributed by atoms with E-state index in [0.29, 0.717) is 19.0 Å². The number of rotatable bonds is 7. The van der Waals surface area contributed by atoms with E-state index in [4.69, 9.17) is 15.3 Å². The number of nitrogens with two attached hydrogens (primary N) is 1. The summed E-state index contributed by atoms with van der Waals surface area (Å²) in [6.45, 7) is 7.23. The fourth-order valence-electron chi connectivity index (χ4n) is 2.35. The number of anilines is 1. The van der Waals surface area contributed by atoms with E-state index in [1.165, 1.54) is 0 Å². The molecule has 0 aliphatic heterocycles. The lowest BCUT2D eigenvalue weighted by Crippen LogP contribution is -2.11. The van der Waals surface area contributed by atoms with Crippen molar-refractivity contribution in [2.24, 2.45) is 5.84 Å². The Labute approximate surface area is 125 Å². The molecule has 0 saturated carbocycles. The van der Waals surface area contributed by atoms with E-state index < -0.39 is 0 Å². The van der Waals surface area contributed by atoms with E-state index in [1.807, 2.05) is 26.0 Å². The van der Waals surface area contributed by atoms with Crippen LogP contribution in [0.2, 0.25) is 0 Å². The predicted octanol–water partition coefficient (Wildman–Crippen LogP) is 3.27. The first kappa shape index (κ1) is 15.4. The Bertz CT molecular complexity index is 614. The molecule has 0 radical (unpaired) electrons. The second-order valence-electron chi connectivity index (χ2n) is 4.75. The molecule has 0 saturated heterocycles. The maximum Gasteiger partial charge on any atom is 0.163 e. The quantitative estimate of drug-likeness (QED) is 0.605. The van der Waals surface area contributed by atoms with Gasteiger partial charge in [-0.1, -0.05) is 13.3 Å². The zero-order valence-electron chi connectivity index (χ0n) is 12.9. The summed E-state index contributed by atoms with van der Waals surface area (Å²) in [7, 11) is 0. The van der Waals surface area contributed by atoms with Crippen molar-refractivity contribution in [2.75, 3.05) is 18.6 Å². The summed E-state index contributed by atoms with van der Waals surface area (Å²) >= 11 is 0. The van der Waals surface area contributed by atoms with Gasteiger partial charge in [0.05, 0.1) is 18.7 Å². The summed E-state index contributed by atoms with van der Waals surface area (Å²) in [6, 6.07) is 6.00. The van der Waals surface area contributed by atoms with Crippen LogP contribution in [0.4, 0.5) is 5.82 Å². The second kappa shape index (κ2) is 7.13. The number of pyridine rings is 1. The van der Waals surface area contributed by atoms with E-state index in [1.54, 1.807) is 0 Å². The van der Waals surface area contributed by atoms with Gasteiger partial charge >= 0.3 is 0 Å². The van der Waals surface area contributed by atoms with Crippen molar-refractivity contribution in [3.05, 3.63) is 23.8 Å². The molecule has 0 spiro atoms. The Hall–Kier alpha value is -2.01. The van der Waals surface area contributed by atoms with E-state index in [9.17, 15) is 0 Å². The van der Waals surface area contributed by atoms with Gasteiger partial charge in [-0.05, 0) is 38.0 Å². The molecule has 0 unspecified atom stereocenters. The van der Waals surface area contributed by atoms with E-state index >= 15 is 0 Å². The molecule has 1 aromatic heterocycles. The van der Waals surface area contributed by atoms with Gasteiger partial charge < -0.3 is 14.9 Å². The fourth-order valence-corrected chi connectivity index (χ4v) is 2.35. The maximum atomic E-state index is 5.66. The third-order valence-corrected chi connectivity index (χ3v) is 3.21. The van der Waals surface area contributed by atoms with Gasteiger partial charge in [-0.3, -0.25) is 0 Å². The molecular formula is C16H23N3O2. The smallest absolute Gasteiger partial charge is 0.163 e. The van der Waals surface area contributed by atoms with Crippen LogP contribution in [-0.2, 0) is 6.42 Å². The van der Waals surface area contributed by atoms with Crippen molar-refractivity contribution in [3.63, 3.8) is 0 Å². The molecule has 0 aliphatic rings. The standard InChI is InChI=1S/C16H23N3O2/c1-4-7-11-8-12-9-14(20-5-2)15(21-6-3)10-13(12)18-16(11)19-17/h8-10H,4-7,17H2,1-3H3,(H,18,19). The minimum atomic E-state index is 0.585. The Balaban J connectivity index is 2.57. The highest BCUT2D eigenvalue weighted by atomic mass is 16.5. The van der Waals surface area contributed by atoms with Crippen LogP contribution in [0.5, 0.6) is 11.5 Å². The number of fused-ring (bicyclic) bond motifs is 1. The Morgan fingerprint density at radius 1 is 1.05 bits per heavy atom. The highest BCUT2D eigenvalue weighted by Crippen LogP contribution is 2.33. The van der Waals surface area contributed by atoms with Gasteiger partial charge in [0.2, 0.25) is 0 Å². The normalized spacial score (nSPS) is 10.7. The summed E-state index contributed by atoms with van der Waals surface area (Å²) in [6.07, 6.45) is 1.97. The lowest BCUT2D eigenvalue weighted by Gasteiger charge is -2.14. The van der Waals surface area contributed by atoms with Crippen molar-refractivity contribution in [1.29, 1.82) is 0 Å². The minimum Gasteiger partial charge on any atom is -0.490 e. The van der Waals surface area contributed by atoms with Crippen molar-refractivity contribution in [2.45, 2.75) is 33.6 Å². The molecule has 0 fully saturated rings. The van der Waals surface area contributed by atoms with Gasteiger partial charge in [0, 0.05) is 11.5 Å². The predicted molar refractivity (Wildman–Crippen MR) is 85.9 cm³/mol. The molecule has 5 nitrogen and oxygen atoms in total. The van der Waals surface area contributed by atoms with Gasteiger partial charge in [0.15, 0.2) is 11.5 Å². The van der Waals surface area contributed by atoms with E-state index in [-0.39, 0.29) is 0 Å². The summed E-state index contributed by atoms with van der Waals surface area (Å²) in [4.78, 5) is 4.58. The lowest BCUT2D eigenvalue weighted by atomic mass is 10.1. The lowest BCUT2D eigenvalue weighted by molar-refractivity contribution is 0.288. The zero-order chi connectivity index (χ0) is 15.2. The number of ether oxygens (including phenoxy) is 2.